The van der Waals surface area contributed by atoms with Crippen LogP contribution in [-0.2, 0) is 19.4 Å². The lowest BCUT2D eigenvalue weighted by Gasteiger charge is -2.27. The number of nitrogens with two attached hydrogens (primary N) is 3. The van der Waals surface area contributed by atoms with Gasteiger partial charge in [0.1, 0.15) is 23.9 Å². The van der Waals surface area contributed by atoms with Crippen LogP contribution in [0.4, 0.5) is 10.1 Å². The molecule has 0 atom stereocenters. The third-order valence-corrected chi connectivity index (χ3v) is 19.1. The largest absolute Gasteiger partial charge is 0.497 e. The fourth-order valence-corrected chi connectivity index (χ4v) is 11.6. The Labute approximate surface area is 857 Å². The van der Waals surface area contributed by atoms with Crippen molar-refractivity contribution in [3.63, 3.8) is 0 Å². The molecule has 0 unspecified atom stereocenters. The number of rotatable bonds is 6. The number of aliphatic hydroxyl groups is 1. The van der Waals surface area contributed by atoms with Crippen LogP contribution in [0, 0.1) is 236 Å². The van der Waals surface area contributed by atoms with E-state index >= 15 is 0 Å². The predicted molar refractivity (Wildman–Crippen MR) is 594 cm³/mol. The molecule has 0 aliphatic heterocycles. The monoisotopic (exact) mass is 1930 g/mol. The molecule has 10 rings (SSSR count). The number of nitriles is 2. The number of nitrogens with zero attached hydrogens (tertiary/aromatic N) is 3. The van der Waals surface area contributed by atoms with Gasteiger partial charge in [0.15, 0.2) is 6.07 Å². The highest BCUT2D eigenvalue weighted by atomic mass is 35.5. The number of nitrogen functional groups attached to an aromatic ring is 1. The first-order chi connectivity index (χ1) is 67.9. The van der Waals surface area contributed by atoms with Gasteiger partial charge in [0.05, 0.1) is 52.4 Å². The highest BCUT2D eigenvalue weighted by molar-refractivity contribution is 7.96. The van der Waals surface area contributed by atoms with E-state index in [-0.39, 0.29) is 28.4 Å². The van der Waals surface area contributed by atoms with Gasteiger partial charge in [-0.1, -0.05) is 234 Å². The van der Waals surface area contributed by atoms with Gasteiger partial charge in [-0.15, -0.1) is 88.8 Å². The van der Waals surface area contributed by atoms with Crippen LogP contribution in [0.2, 0.25) is 5.02 Å². The summed E-state index contributed by atoms with van der Waals surface area (Å²) in [6.45, 7) is 40.7. The van der Waals surface area contributed by atoms with Crippen molar-refractivity contribution in [2.45, 2.75) is 265 Å². The lowest BCUT2D eigenvalue weighted by Crippen LogP contribution is -2.39. The number of aryl methyl sites for hydroxylation is 1. The zero-order valence-electron chi connectivity index (χ0n) is 87.7. The number of hydrogen-bond acceptors (Lipinski definition) is 12. The van der Waals surface area contributed by atoms with Crippen LogP contribution in [0.15, 0.2) is 205 Å². The maximum absolute atomic E-state index is 12.7. The maximum Gasteiger partial charge on any atom is 0.384 e. The van der Waals surface area contributed by atoms with Crippen molar-refractivity contribution in [1.29, 1.82) is 10.5 Å². The number of carbonyl (C=O) groups is 1. The lowest BCUT2D eigenvalue weighted by molar-refractivity contribution is -0.133. The summed E-state index contributed by atoms with van der Waals surface area (Å²) in [4.78, 5) is 14.3. The first-order valence-electron chi connectivity index (χ1n) is 46.1. The molecule has 141 heavy (non-hydrogen) atoms. The molecular weight excluding hydrogens is 1780 g/mol. The smallest absolute Gasteiger partial charge is 0.384 e. The Morgan fingerprint density at radius 3 is 1.38 bits per heavy atom. The van der Waals surface area contributed by atoms with E-state index in [1.165, 1.54) is 84.3 Å². The Kier molecular flexibility index (Phi) is 94.7. The molecule has 0 spiro atoms. The number of esters is 1. The van der Waals surface area contributed by atoms with Crippen molar-refractivity contribution < 1.29 is 32.2 Å². The normalized spacial score (nSPS) is 9.76. The van der Waals surface area contributed by atoms with Crippen molar-refractivity contribution in [3.8, 4) is 207 Å². The molecule has 15 heteroatoms. The second-order valence-corrected chi connectivity index (χ2v) is 31.0. The first kappa shape index (κ1) is 136. The summed E-state index contributed by atoms with van der Waals surface area (Å²) in [5, 5.41) is 26.9. The van der Waals surface area contributed by atoms with Crippen molar-refractivity contribution in [2.24, 2.45) is 23.3 Å². The second kappa shape index (κ2) is 97.8. The highest BCUT2D eigenvalue weighted by Gasteiger charge is 2.24. The van der Waals surface area contributed by atoms with E-state index in [1.54, 1.807) is 122 Å². The summed E-state index contributed by atoms with van der Waals surface area (Å²) in [6, 6.07) is 62.4. The Bertz CT molecular complexity index is 5990. The Balaban J connectivity index is -0.000000347. The van der Waals surface area contributed by atoms with Crippen molar-refractivity contribution >= 4 is 33.1 Å². The third kappa shape index (κ3) is 85.0. The van der Waals surface area contributed by atoms with Crippen LogP contribution in [0.3, 0.4) is 0 Å². The molecule has 12 nitrogen and oxygen atoms in total. The number of anilines is 1. The number of carbonyl (C=O) groups excluding carboxylic acids is 1. The molecule has 0 amide bonds. The number of aliphatic hydroxyl groups excluding tert-OH is 1. The number of unbranched alkanes of at least 4 members (excludes halogenated alkanes) is 2. The van der Waals surface area contributed by atoms with E-state index < -0.39 is 15.8 Å². The van der Waals surface area contributed by atoms with E-state index in [2.05, 4.69) is 233 Å². The molecule has 7 aromatic carbocycles. The molecule has 736 valence electrons. The number of pyridine rings is 1. The maximum atomic E-state index is 12.7. The Morgan fingerprint density at radius 1 is 0.532 bits per heavy atom. The molecule has 7 N–H and O–H groups in total. The molecule has 2 aliphatic carbocycles. The zero-order valence-corrected chi connectivity index (χ0v) is 89.3. The van der Waals surface area contributed by atoms with Gasteiger partial charge < -0.3 is 31.8 Å². The van der Waals surface area contributed by atoms with E-state index in [0.29, 0.717) is 17.0 Å². The van der Waals surface area contributed by atoms with Crippen LogP contribution in [-0.4, -0.2) is 56.4 Å². The zero-order chi connectivity index (χ0) is 107. The minimum absolute atomic E-state index is 0.0174. The highest BCUT2D eigenvalue weighted by Crippen LogP contribution is 2.25. The molecule has 0 radical (unpaired) electrons. The number of aromatic nitrogens is 1. The standard InChI is InChI=1S/C10H7N.C10H10O2S.C10H10O.C9H7Cl.C9H7F.C9H15N.C9H9N.C9H14.C9H8.C8H7N.C8H15N.C7H12.C6H10.C5H6O2.C4H3N.C4H6O/c1-2-3-9-4-6-10(8-11)7-5-9;1-3-8-13(11,12)10-6-4-9(2)5-7-10;1-3-4-9-5-7-10(11-2)8-6-9;2*1-2-5-8-6-3-4-7-9(8)10;1-2-6-9(10)7-4-3-5-8-9;1-2-3-8-4-6-9(10)7-5-8;2*1-2-6-9-7-4-3-5-8-9;1-2-5-8-6-3-4-7-9-8;1-4-7-8(9,5-2)6-3;1-3-5-7-6-4-2;1-4-5-6(2)3;1-3-4-5(6)7-2;2*1-2-3-4-5/h4-7H,1H3;4-7H,1-2H3;5-8H,1-2H3;2*3-4,6-7H,1H3;3-5,7-8,10H2,1H3;4-7H,10H2,1H3;9H,3-5,7-8H2,1H3;3-5,7-8H,1H3;3-4,6-7H,1H3;5-6,9H2,1-3H3;3,5,7H2,1-2H3;6H,1-3H3;1-2H3;1H3;5H,4H2,1H3. The van der Waals surface area contributed by atoms with E-state index in [9.17, 15) is 17.6 Å². The molecule has 2 saturated carbocycles. The van der Waals surface area contributed by atoms with Crippen LogP contribution >= 0.6 is 11.6 Å². The predicted octanol–water partition coefficient (Wildman–Crippen LogP) is 26.2. The topological polar surface area (TPSA) is 228 Å². The molecule has 2 fully saturated rings. The van der Waals surface area contributed by atoms with Crippen LogP contribution in [0.5, 0.6) is 5.75 Å². The molecular formula is C126H146ClFN6O6S. The van der Waals surface area contributed by atoms with Crippen LogP contribution < -0.4 is 21.9 Å². The number of ether oxygens (including phenoxy) is 2. The minimum atomic E-state index is -3.39. The number of benzene rings is 7. The van der Waals surface area contributed by atoms with Crippen molar-refractivity contribution in [3.05, 3.63) is 261 Å². The quantitative estimate of drug-likeness (QED) is 0.0304. The van der Waals surface area contributed by atoms with Gasteiger partial charge in [-0.2, -0.15) is 10.5 Å². The van der Waals surface area contributed by atoms with Gasteiger partial charge in [-0.05, 0) is 302 Å². The molecule has 0 bridgehead atoms. The molecule has 0 saturated heterocycles. The fourth-order valence-electron chi connectivity index (χ4n) is 10.5. The van der Waals surface area contributed by atoms with Gasteiger partial charge >= 0.3 is 5.97 Å². The van der Waals surface area contributed by atoms with Gasteiger partial charge in [-0.3, -0.25) is 0 Å². The number of sulfone groups is 1. The van der Waals surface area contributed by atoms with E-state index in [0.717, 1.165) is 93.6 Å². The number of methoxy groups -OCH3 is 2. The van der Waals surface area contributed by atoms with Gasteiger partial charge in [0, 0.05) is 75.1 Å². The van der Waals surface area contributed by atoms with Crippen molar-refractivity contribution in [1.82, 2.24) is 4.98 Å². The summed E-state index contributed by atoms with van der Waals surface area (Å²) < 4.78 is 44.6. The molecule has 1 heterocycles. The average Bonchev–Trinajstić information content (AvgIpc) is 0.846. The van der Waals surface area contributed by atoms with E-state index in [1.807, 2.05) is 202 Å². The van der Waals surface area contributed by atoms with Gasteiger partial charge in [0.25, 0.3) is 0 Å². The number of hydrogen-bond donors (Lipinski definition) is 4. The third-order valence-electron chi connectivity index (χ3n) is 17.4. The lowest BCUT2D eigenvalue weighted by atomic mass is 9.83. The molecule has 1 aromatic heterocycles. The average molecular weight is 1930 g/mol. The summed E-state index contributed by atoms with van der Waals surface area (Å²) in [5.41, 5.74) is 25.7. The number of halogens is 2. The Hall–Kier alpha value is -15.3. The van der Waals surface area contributed by atoms with E-state index in [4.69, 9.17) is 49.2 Å². The molecule has 8 aromatic rings. The summed E-state index contributed by atoms with van der Waals surface area (Å²) in [6.07, 6.45) is 20.2. The second-order valence-electron chi connectivity index (χ2n) is 29.0. The van der Waals surface area contributed by atoms with Crippen LogP contribution in [0.25, 0.3) is 0 Å². The Morgan fingerprint density at radius 2 is 1.01 bits per heavy atom. The SMILES string of the molecule is CC#CC#N.CC#CC(=O)OC.CC#CC(C)C.CC#CC(N)(CC)CC.CC#CC1(N)CCCCC1.CC#CC1CCCCC1.CC#CCCCC.CC#CCO.CC#CS(=O)(=O)c1ccc(C)cc1.CC#Cc1ccc(C#N)cc1.CC#Cc1ccc(N)cc1.CC#Cc1ccc(OC)cc1.CC#Cc1ccccc1.CC#Cc1ccccc1Cl.CC#Cc1ccccc1F.CC#Cc1ccccn1. The van der Waals surface area contributed by atoms with Gasteiger partial charge in [0.2, 0.25) is 9.84 Å². The van der Waals surface area contributed by atoms with Crippen LogP contribution in [0.1, 0.15) is 292 Å². The molecule has 2 aliphatic rings. The first-order valence-corrected chi connectivity index (χ1v) is 48.0. The summed E-state index contributed by atoms with van der Waals surface area (Å²) in [5.74, 6) is 87.1. The minimum Gasteiger partial charge on any atom is -0.497 e. The summed E-state index contributed by atoms with van der Waals surface area (Å²) >= 11 is 5.80. The van der Waals surface area contributed by atoms with Gasteiger partial charge in [-0.25, -0.2) is 22.6 Å². The summed E-state index contributed by atoms with van der Waals surface area (Å²) in [7, 11) is -0.437. The van der Waals surface area contributed by atoms with Crippen molar-refractivity contribution in [2.75, 3.05) is 26.6 Å². The fraction of sp³-hybridized carbons (Fsp3) is 0.349.